The van der Waals surface area contributed by atoms with E-state index in [2.05, 4.69) is 25.8 Å². The summed E-state index contributed by atoms with van der Waals surface area (Å²) in [5.74, 6) is -1.61. The summed E-state index contributed by atoms with van der Waals surface area (Å²) in [6, 6.07) is 4.71. The Hall–Kier alpha value is -4.25. The van der Waals surface area contributed by atoms with Gasteiger partial charge in [-0.1, -0.05) is 0 Å². The highest BCUT2D eigenvalue weighted by molar-refractivity contribution is 5.93. The minimum Gasteiger partial charge on any atom is -0.480 e. The molecule has 0 saturated carbocycles. The molecule has 1 aliphatic heterocycles. The fourth-order valence-electron chi connectivity index (χ4n) is 4.81. The number of alkyl carbamates (subject to hydrolysis) is 1. The molecule has 0 spiro atoms. The Labute approximate surface area is 286 Å². The average molecular weight is 691 g/mol. The van der Waals surface area contributed by atoms with Crippen molar-refractivity contribution in [2.75, 3.05) is 94.6 Å². The lowest BCUT2D eigenvalue weighted by Gasteiger charge is -2.33. The van der Waals surface area contributed by atoms with Gasteiger partial charge in [0.2, 0.25) is 5.91 Å². The predicted molar refractivity (Wildman–Crippen MR) is 182 cm³/mol. The summed E-state index contributed by atoms with van der Waals surface area (Å²) in [6.45, 7) is 10.7. The molecule has 1 fully saturated rings. The molecule has 49 heavy (non-hydrogen) atoms. The zero-order chi connectivity index (χ0) is 35.5. The largest absolute Gasteiger partial charge is 0.480 e. The topological polar surface area (TPSA) is 192 Å². The molecule has 16 nitrogen and oxygen atoms in total. The fourth-order valence-corrected chi connectivity index (χ4v) is 4.81. The fraction of sp³-hybridized carbons (Fsp3) is 0.606. The van der Waals surface area contributed by atoms with Crippen LogP contribution in [0.3, 0.4) is 0 Å². The number of aliphatic carboxylic acids is 1. The smallest absolute Gasteiger partial charge is 0.407 e. The zero-order valence-corrected chi connectivity index (χ0v) is 28.6. The van der Waals surface area contributed by atoms with E-state index in [1.165, 1.54) is 18.3 Å². The number of piperidine rings is 1. The van der Waals surface area contributed by atoms with Gasteiger partial charge in [0, 0.05) is 38.4 Å². The normalized spacial score (nSPS) is 14.7. The van der Waals surface area contributed by atoms with Gasteiger partial charge in [-0.2, -0.15) is 0 Å². The van der Waals surface area contributed by atoms with Crippen LogP contribution in [0.2, 0.25) is 0 Å². The molecule has 3 heterocycles. The lowest BCUT2D eigenvalue weighted by Crippen LogP contribution is -2.41. The van der Waals surface area contributed by atoms with E-state index in [0.717, 1.165) is 28.9 Å². The molecule has 16 heteroatoms. The number of nitrogens with one attached hydrogen (secondary N) is 3. The van der Waals surface area contributed by atoms with E-state index in [9.17, 15) is 19.2 Å². The second-order valence-corrected chi connectivity index (χ2v) is 12.3. The molecule has 0 aromatic carbocycles. The Balaban J connectivity index is 1.23. The highest BCUT2D eigenvalue weighted by atomic mass is 16.6. The lowest BCUT2D eigenvalue weighted by molar-refractivity contribution is -0.137. The predicted octanol–water partition coefficient (Wildman–Crippen LogP) is 2.19. The molecule has 2 aromatic rings. The van der Waals surface area contributed by atoms with Crippen LogP contribution < -0.4 is 26.4 Å². The van der Waals surface area contributed by atoms with Crippen LogP contribution >= 0.6 is 0 Å². The Morgan fingerprint density at radius 1 is 0.918 bits per heavy atom. The van der Waals surface area contributed by atoms with Crippen LogP contribution in [0, 0.1) is 5.92 Å². The maximum atomic E-state index is 13.0. The minimum atomic E-state index is -1.14. The molecular formula is C33H50N6O10. The van der Waals surface area contributed by atoms with Crippen molar-refractivity contribution >= 4 is 35.0 Å². The first-order chi connectivity index (χ1) is 23.5. The van der Waals surface area contributed by atoms with Crippen molar-refractivity contribution in [3.8, 4) is 0 Å². The number of hydrogen-bond acceptors (Lipinski definition) is 12. The van der Waals surface area contributed by atoms with Crippen LogP contribution in [-0.2, 0) is 39.8 Å². The second kappa shape index (κ2) is 21.0. The first kappa shape index (κ1) is 39.2. The number of carboxylic acid groups (broad SMARTS) is 1. The van der Waals surface area contributed by atoms with Crippen LogP contribution in [0.15, 0.2) is 41.6 Å². The second-order valence-electron chi connectivity index (χ2n) is 12.3. The molecule has 4 N–H and O–H groups in total. The third-order valence-electron chi connectivity index (χ3n) is 7.04. The molecular weight excluding hydrogens is 640 g/mol. The van der Waals surface area contributed by atoms with Crippen LogP contribution in [0.5, 0.6) is 0 Å². The van der Waals surface area contributed by atoms with E-state index in [4.69, 9.17) is 28.8 Å². The van der Waals surface area contributed by atoms with Gasteiger partial charge in [0.25, 0.3) is 5.56 Å². The van der Waals surface area contributed by atoms with Crippen molar-refractivity contribution in [1.29, 1.82) is 0 Å². The summed E-state index contributed by atoms with van der Waals surface area (Å²) < 4.78 is 28.2. The van der Waals surface area contributed by atoms with Gasteiger partial charge in [0.1, 0.15) is 12.1 Å². The molecule has 3 rings (SSSR count). The third kappa shape index (κ3) is 16.1. The summed E-state index contributed by atoms with van der Waals surface area (Å²) in [7, 11) is 0. The summed E-state index contributed by atoms with van der Waals surface area (Å²) in [6.07, 6.45) is 5.92. The third-order valence-corrected chi connectivity index (χ3v) is 7.04. The Morgan fingerprint density at radius 3 is 2.22 bits per heavy atom. The van der Waals surface area contributed by atoms with E-state index >= 15 is 0 Å². The number of carbonyl (C=O) groups is 3. The Kier molecular flexibility index (Phi) is 16.8. The van der Waals surface area contributed by atoms with Crippen molar-refractivity contribution in [3.63, 3.8) is 0 Å². The van der Waals surface area contributed by atoms with Gasteiger partial charge in [-0.25, -0.2) is 4.79 Å². The molecule has 1 saturated heterocycles. The molecule has 0 unspecified atom stereocenters. The summed E-state index contributed by atoms with van der Waals surface area (Å²) >= 11 is 0. The SMILES string of the molecule is CC(C)(C)OC(=O)NCCOCCOCCOCCOCCNc1cncc(N2CCC[C@H](C(=O)Nc3ccc(=O)n(CC(=O)O)c3)C2)c1. The molecule has 2 aromatic heterocycles. The molecule has 1 atom stereocenters. The summed E-state index contributed by atoms with van der Waals surface area (Å²) in [5.41, 5.74) is 1.13. The number of carboxylic acids is 1. The highest BCUT2D eigenvalue weighted by Crippen LogP contribution is 2.25. The molecule has 1 aliphatic rings. The van der Waals surface area contributed by atoms with Gasteiger partial charge in [0.05, 0.1) is 88.2 Å². The monoisotopic (exact) mass is 690 g/mol. The summed E-state index contributed by atoms with van der Waals surface area (Å²) in [5, 5.41) is 17.8. The average Bonchev–Trinajstić information content (AvgIpc) is 3.05. The summed E-state index contributed by atoms with van der Waals surface area (Å²) in [4.78, 5) is 54.0. The maximum Gasteiger partial charge on any atom is 0.407 e. The van der Waals surface area contributed by atoms with Crippen LogP contribution in [-0.4, -0.2) is 117 Å². The number of pyridine rings is 2. The Bertz CT molecular complexity index is 1380. The number of aromatic nitrogens is 2. The number of rotatable bonds is 21. The minimum absolute atomic E-state index is 0.186. The lowest BCUT2D eigenvalue weighted by atomic mass is 9.96. The number of ether oxygens (including phenoxy) is 5. The number of hydrogen-bond donors (Lipinski definition) is 4. The van der Waals surface area contributed by atoms with E-state index in [-0.39, 0.29) is 11.8 Å². The first-order valence-corrected chi connectivity index (χ1v) is 16.4. The van der Waals surface area contributed by atoms with Crippen molar-refractivity contribution in [2.24, 2.45) is 5.92 Å². The van der Waals surface area contributed by atoms with Gasteiger partial charge >= 0.3 is 12.1 Å². The van der Waals surface area contributed by atoms with E-state index in [0.29, 0.717) is 84.6 Å². The maximum absolute atomic E-state index is 13.0. The molecule has 272 valence electrons. The molecule has 0 aliphatic carbocycles. The van der Waals surface area contributed by atoms with Crippen LogP contribution in [0.4, 0.5) is 21.9 Å². The van der Waals surface area contributed by atoms with Crippen LogP contribution in [0.1, 0.15) is 33.6 Å². The van der Waals surface area contributed by atoms with Gasteiger partial charge in [-0.15, -0.1) is 0 Å². The molecule has 0 radical (unpaired) electrons. The van der Waals surface area contributed by atoms with Crippen molar-refractivity contribution in [1.82, 2.24) is 14.9 Å². The van der Waals surface area contributed by atoms with Gasteiger partial charge < -0.3 is 54.2 Å². The number of anilines is 3. The van der Waals surface area contributed by atoms with E-state index < -0.39 is 29.8 Å². The Morgan fingerprint density at radius 2 is 1.57 bits per heavy atom. The number of amides is 2. The van der Waals surface area contributed by atoms with Gasteiger partial charge in [0.15, 0.2) is 0 Å². The molecule has 0 bridgehead atoms. The van der Waals surface area contributed by atoms with E-state index in [1.807, 2.05) is 6.07 Å². The highest BCUT2D eigenvalue weighted by Gasteiger charge is 2.26. The van der Waals surface area contributed by atoms with Gasteiger partial charge in [-0.3, -0.25) is 19.4 Å². The van der Waals surface area contributed by atoms with Crippen molar-refractivity contribution in [2.45, 2.75) is 45.8 Å². The van der Waals surface area contributed by atoms with E-state index in [1.54, 1.807) is 33.2 Å². The first-order valence-electron chi connectivity index (χ1n) is 16.4. The van der Waals surface area contributed by atoms with Crippen molar-refractivity contribution < 1.29 is 43.2 Å². The zero-order valence-electron chi connectivity index (χ0n) is 28.6. The quantitative estimate of drug-likeness (QED) is 0.140. The standard InChI is InChI=1S/C33H50N6O10/c1-33(2,3)49-32(44)36-9-12-46-14-16-48-18-17-47-15-13-45-11-8-35-27-19-28(21-34-20-27)38-10-4-5-25(22-38)31(43)37-26-6-7-29(40)39(23-26)24-30(41)42/h6-7,19-21,23,25,35H,4-5,8-18,22,24H2,1-3H3,(H,36,44)(H,37,43)(H,41,42)/t25-/m0/s1. The number of nitrogens with zero attached hydrogens (tertiary/aromatic N) is 3. The molecule has 2 amide bonds. The number of carbonyl (C=O) groups excluding carboxylic acids is 2. The van der Waals surface area contributed by atoms with Crippen LogP contribution in [0.25, 0.3) is 0 Å². The van der Waals surface area contributed by atoms with Gasteiger partial charge in [-0.05, 0) is 45.7 Å². The van der Waals surface area contributed by atoms with Crippen molar-refractivity contribution in [3.05, 3.63) is 47.1 Å².